The van der Waals surface area contributed by atoms with Crippen LogP contribution in [-0.2, 0) is 11.0 Å². The minimum atomic E-state index is -4.42. The number of benzene rings is 1. The SMILES string of the molecule is CN1C(=O)C(N)c2cc(C(F)(F)F)ccc21. The Balaban J connectivity index is 2.54. The highest BCUT2D eigenvalue weighted by Crippen LogP contribution is 2.38. The van der Waals surface area contributed by atoms with Gasteiger partial charge < -0.3 is 10.6 Å². The minimum Gasteiger partial charge on any atom is -0.316 e. The second kappa shape index (κ2) is 3.21. The molecule has 16 heavy (non-hydrogen) atoms. The summed E-state index contributed by atoms with van der Waals surface area (Å²) in [6.45, 7) is 0. The second-order valence-electron chi connectivity index (χ2n) is 3.65. The third-order valence-corrected chi connectivity index (χ3v) is 2.65. The normalized spacial score (nSPS) is 20.2. The highest BCUT2D eigenvalue weighted by atomic mass is 19.4. The maximum absolute atomic E-state index is 12.4. The van der Waals surface area contributed by atoms with E-state index in [1.807, 2.05) is 0 Å². The summed E-state index contributed by atoms with van der Waals surface area (Å²) in [4.78, 5) is 12.7. The molecule has 0 radical (unpaired) electrons. The van der Waals surface area contributed by atoms with Crippen molar-refractivity contribution in [3.8, 4) is 0 Å². The summed E-state index contributed by atoms with van der Waals surface area (Å²) in [6.07, 6.45) is -4.42. The van der Waals surface area contributed by atoms with Crippen LogP contribution >= 0.6 is 0 Å². The molecule has 0 bridgehead atoms. The summed E-state index contributed by atoms with van der Waals surface area (Å²) in [5.41, 5.74) is 5.41. The summed E-state index contributed by atoms with van der Waals surface area (Å²) in [5.74, 6) is -0.394. The zero-order valence-electron chi connectivity index (χ0n) is 8.38. The van der Waals surface area contributed by atoms with E-state index in [0.717, 1.165) is 12.1 Å². The first-order valence-electron chi connectivity index (χ1n) is 4.56. The number of nitrogens with zero attached hydrogens (tertiary/aromatic N) is 1. The van der Waals surface area contributed by atoms with Crippen LogP contribution in [0.25, 0.3) is 0 Å². The zero-order chi connectivity index (χ0) is 12.1. The second-order valence-corrected chi connectivity index (χ2v) is 3.65. The molecule has 0 spiro atoms. The molecule has 6 heteroatoms. The molecule has 1 aliphatic rings. The average molecular weight is 230 g/mol. The molecule has 1 aliphatic heterocycles. The number of anilines is 1. The van der Waals surface area contributed by atoms with Crippen LogP contribution < -0.4 is 10.6 Å². The van der Waals surface area contributed by atoms with Gasteiger partial charge in [-0.1, -0.05) is 0 Å². The summed E-state index contributed by atoms with van der Waals surface area (Å²) in [6, 6.07) is 2.15. The Morgan fingerprint density at radius 2 is 2.00 bits per heavy atom. The van der Waals surface area contributed by atoms with Crippen LogP contribution in [0.2, 0.25) is 0 Å². The van der Waals surface area contributed by atoms with Crippen LogP contribution in [0, 0.1) is 0 Å². The van der Waals surface area contributed by atoms with E-state index in [9.17, 15) is 18.0 Å². The molecule has 1 unspecified atom stereocenters. The van der Waals surface area contributed by atoms with Gasteiger partial charge in [-0.25, -0.2) is 0 Å². The van der Waals surface area contributed by atoms with Gasteiger partial charge in [-0.05, 0) is 18.2 Å². The molecule has 0 aliphatic carbocycles. The maximum Gasteiger partial charge on any atom is 0.416 e. The molecular formula is C10H9F3N2O. The fourth-order valence-corrected chi connectivity index (χ4v) is 1.75. The standard InChI is InChI=1S/C10H9F3N2O/c1-15-7-3-2-5(10(11,12)13)4-6(7)8(14)9(15)16/h2-4,8H,14H2,1H3. The summed E-state index contributed by atoms with van der Waals surface area (Å²) in [5, 5.41) is 0. The quantitative estimate of drug-likeness (QED) is 0.737. The molecule has 86 valence electrons. The van der Waals surface area contributed by atoms with Crippen LogP contribution in [0.1, 0.15) is 17.2 Å². The Morgan fingerprint density at radius 3 is 2.56 bits per heavy atom. The van der Waals surface area contributed by atoms with Crippen molar-refractivity contribution in [2.75, 3.05) is 11.9 Å². The fraction of sp³-hybridized carbons (Fsp3) is 0.300. The number of likely N-dealkylation sites (N-methyl/N-ethyl adjacent to an activating group) is 1. The predicted octanol–water partition coefficient (Wildman–Crippen LogP) is 1.68. The molecule has 3 nitrogen and oxygen atoms in total. The van der Waals surface area contributed by atoms with Gasteiger partial charge in [-0.3, -0.25) is 4.79 Å². The predicted molar refractivity (Wildman–Crippen MR) is 51.8 cm³/mol. The van der Waals surface area contributed by atoms with Crippen LogP contribution in [0.5, 0.6) is 0 Å². The number of alkyl halides is 3. The number of fused-ring (bicyclic) bond motifs is 1. The molecule has 2 rings (SSSR count). The van der Waals surface area contributed by atoms with Gasteiger partial charge in [0.1, 0.15) is 6.04 Å². The molecule has 1 atom stereocenters. The number of rotatable bonds is 0. The number of hydrogen-bond donors (Lipinski definition) is 1. The third kappa shape index (κ3) is 1.46. The maximum atomic E-state index is 12.4. The van der Waals surface area contributed by atoms with Gasteiger partial charge in [-0.2, -0.15) is 13.2 Å². The topological polar surface area (TPSA) is 46.3 Å². The number of halogens is 3. The van der Waals surface area contributed by atoms with Crippen molar-refractivity contribution in [1.82, 2.24) is 0 Å². The zero-order valence-corrected chi connectivity index (χ0v) is 8.38. The lowest BCUT2D eigenvalue weighted by molar-refractivity contribution is -0.137. The highest BCUT2D eigenvalue weighted by molar-refractivity contribution is 6.04. The smallest absolute Gasteiger partial charge is 0.316 e. The van der Waals surface area contributed by atoms with E-state index < -0.39 is 23.7 Å². The Kier molecular flexibility index (Phi) is 2.20. The van der Waals surface area contributed by atoms with Gasteiger partial charge in [0, 0.05) is 18.3 Å². The van der Waals surface area contributed by atoms with Gasteiger partial charge in [0.2, 0.25) is 5.91 Å². The molecule has 1 amide bonds. The monoisotopic (exact) mass is 230 g/mol. The van der Waals surface area contributed by atoms with E-state index >= 15 is 0 Å². The Labute approximate surface area is 89.6 Å². The number of carbonyl (C=O) groups is 1. The molecule has 2 N–H and O–H groups in total. The van der Waals surface area contributed by atoms with Crippen molar-refractivity contribution in [2.45, 2.75) is 12.2 Å². The van der Waals surface area contributed by atoms with E-state index in [0.29, 0.717) is 5.69 Å². The summed E-state index contributed by atoms with van der Waals surface area (Å²) < 4.78 is 37.3. The van der Waals surface area contributed by atoms with E-state index in [4.69, 9.17) is 5.73 Å². The lowest BCUT2D eigenvalue weighted by Gasteiger charge is -2.11. The van der Waals surface area contributed by atoms with Gasteiger partial charge in [0.05, 0.1) is 5.56 Å². The van der Waals surface area contributed by atoms with E-state index in [-0.39, 0.29) is 5.56 Å². The van der Waals surface area contributed by atoms with E-state index in [1.165, 1.54) is 18.0 Å². The molecule has 1 heterocycles. The molecule has 0 saturated heterocycles. The van der Waals surface area contributed by atoms with Crippen molar-refractivity contribution >= 4 is 11.6 Å². The molecule has 0 saturated carbocycles. The number of amides is 1. The molecular weight excluding hydrogens is 221 g/mol. The van der Waals surface area contributed by atoms with Crippen LogP contribution in [0.15, 0.2) is 18.2 Å². The van der Waals surface area contributed by atoms with Crippen molar-refractivity contribution in [3.63, 3.8) is 0 Å². The fourth-order valence-electron chi connectivity index (χ4n) is 1.75. The first-order chi connectivity index (χ1) is 7.32. The average Bonchev–Trinajstić information content (AvgIpc) is 2.43. The van der Waals surface area contributed by atoms with Gasteiger partial charge in [0.25, 0.3) is 0 Å². The lowest BCUT2D eigenvalue weighted by atomic mass is 10.1. The molecule has 0 fully saturated rings. The van der Waals surface area contributed by atoms with Gasteiger partial charge >= 0.3 is 6.18 Å². The molecule has 0 aromatic heterocycles. The molecule has 1 aromatic carbocycles. The van der Waals surface area contributed by atoms with Crippen molar-refractivity contribution in [1.29, 1.82) is 0 Å². The third-order valence-electron chi connectivity index (χ3n) is 2.65. The van der Waals surface area contributed by atoms with Gasteiger partial charge in [0.15, 0.2) is 0 Å². The van der Waals surface area contributed by atoms with Crippen molar-refractivity contribution in [3.05, 3.63) is 29.3 Å². The Morgan fingerprint density at radius 1 is 1.38 bits per heavy atom. The van der Waals surface area contributed by atoms with Crippen LogP contribution in [0.3, 0.4) is 0 Å². The minimum absolute atomic E-state index is 0.224. The van der Waals surface area contributed by atoms with Crippen molar-refractivity contribution < 1.29 is 18.0 Å². The number of nitrogens with two attached hydrogens (primary N) is 1. The largest absolute Gasteiger partial charge is 0.416 e. The number of hydrogen-bond acceptors (Lipinski definition) is 2. The number of carbonyl (C=O) groups excluding carboxylic acids is 1. The Hall–Kier alpha value is -1.56. The first-order valence-corrected chi connectivity index (χ1v) is 4.56. The summed E-state index contributed by atoms with van der Waals surface area (Å²) >= 11 is 0. The first kappa shape index (κ1) is 10.9. The van der Waals surface area contributed by atoms with Crippen LogP contribution in [0.4, 0.5) is 18.9 Å². The highest BCUT2D eigenvalue weighted by Gasteiger charge is 2.36. The Bertz CT molecular complexity index is 456. The summed E-state index contributed by atoms with van der Waals surface area (Å²) in [7, 11) is 1.49. The lowest BCUT2D eigenvalue weighted by Crippen LogP contribution is -2.27. The van der Waals surface area contributed by atoms with Crippen molar-refractivity contribution in [2.24, 2.45) is 5.73 Å². The van der Waals surface area contributed by atoms with E-state index in [2.05, 4.69) is 0 Å². The van der Waals surface area contributed by atoms with Crippen LogP contribution in [-0.4, -0.2) is 13.0 Å². The van der Waals surface area contributed by atoms with E-state index in [1.54, 1.807) is 0 Å². The molecule has 1 aromatic rings. The van der Waals surface area contributed by atoms with Gasteiger partial charge in [-0.15, -0.1) is 0 Å².